The molecule has 0 saturated carbocycles. The average Bonchev–Trinajstić information content (AvgIpc) is 1.68. The Labute approximate surface area is 49.7 Å². The summed E-state index contributed by atoms with van der Waals surface area (Å²) in [6, 6.07) is 0. The Kier molecular flexibility index (Phi) is 4.26. The maximum atomic E-state index is 4.79. The summed E-state index contributed by atoms with van der Waals surface area (Å²) < 4.78 is 4.79. The first-order chi connectivity index (χ1) is 3.81. The molecule has 0 aromatic heterocycles. The lowest BCUT2D eigenvalue weighted by Crippen LogP contribution is -2.06. The summed E-state index contributed by atoms with van der Waals surface area (Å²) in [5.41, 5.74) is 3.61. The molecule has 0 rings (SSSR count). The van der Waals surface area contributed by atoms with Crippen LogP contribution in [-0.2, 0) is 4.74 Å². The van der Waals surface area contributed by atoms with E-state index in [4.69, 9.17) is 4.74 Å². The van der Waals surface area contributed by atoms with Crippen LogP contribution in [0.2, 0.25) is 0 Å². The van der Waals surface area contributed by atoms with Crippen LogP contribution < -0.4 is 5.43 Å². The number of ether oxygens (including phenoxy) is 1. The van der Waals surface area contributed by atoms with Gasteiger partial charge in [0.1, 0.15) is 0 Å². The Morgan fingerprint density at radius 2 is 2.38 bits per heavy atom. The maximum Gasteiger partial charge on any atom is 0.0859 e. The molecule has 0 aliphatic carbocycles. The van der Waals surface area contributed by atoms with Gasteiger partial charge in [-0.1, -0.05) is 0 Å². The molecule has 0 aromatic rings. The van der Waals surface area contributed by atoms with Gasteiger partial charge in [-0.3, -0.25) is 0 Å². The minimum absolute atomic E-state index is 0.598. The molecular weight excluding hydrogens is 104 g/mol. The van der Waals surface area contributed by atoms with Crippen molar-refractivity contribution in [3.05, 3.63) is 0 Å². The maximum absolute atomic E-state index is 4.79. The predicted octanol–water partition coefficient (Wildman–Crippen LogP) is 0.228. The molecule has 48 valence electrons. The molecule has 0 atom stereocenters. The van der Waals surface area contributed by atoms with Crippen LogP contribution in [0.5, 0.6) is 0 Å². The molecule has 0 amide bonds. The summed E-state index contributed by atoms with van der Waals surface area (Å²) in [6.45, 7) is 2.50. The van der Waals surface area contributed by atoms with Gasteiger partial charge in [0.25, 0.3) is 0 Å². The molecular formula is C5H12N2O. The standard InChI is InChI=1S/C5H12N2O/c1-5(4-8-3)7-6-2/h6H,4H2,1-3H3/b7-5+. The molecule has 0 aliphatic heterocycles. The fourth-order valence-corrected chi connectivity index (χ4v) is 0.432. The molecule has 8 heavy (non-hydrogen) atoms. The van der Waals surface area contributed by atoms with E-state index in [1.165, 1.54) is 0 Å². The van der Waals surface area contributed by atoms with E-state index in [2.05, 4.69) is 10.5 Å². The molecule has 3 nitrogen and oxygen atoms in total. The molecule has 0 fully saturated rings. The van der Waals surface area contributed by atoms with Gasteiger partial charge in [0.15, 0.2) is 0 Å². The molecule has 0 heterocycles. The molecule has 0 unspecified atom stereocenters. The van der Waals surface area contributed by atoms with Crippen LogP contribution >= 0.6 is 0 Å². The Balaban J connectivity index is 3.29. The molecule has 0 bridgehead atoms. The van der Waals surface area contributed by atoms with E-state index in [-0.39, 0.29) is 0 Å². The number of methoxy groups -OCH3 is 1. The lowest BCUT2D eigenvalue weighted by molar-refractivity contribution is 0.244. The van der Waals surface area contributed by atoms with Crippen molar-refractivity contribution >= 4 is 5.71 Å². The predicted molar refractivity (Wildman–Crippen MR) is 34.0 cm³/mol. The van der Waals surface area contributed by atoms with Crippen molar-refractivity contribution in [2.45, 2.75) is 6.92 Å². The highest BCUT2D eigenvalue weighted by molar-refractivity contribution is 5.82. The van der Waals surface area contributed by atoms with Gasteiger partial charge in [-0.2, -0.15) is 5.10 Å². The third kappa shape index (κ3) is 3.61. The van der Waals surface area contributed by atoms with Crippen LogP contribution in [0.3, 0.4) is 0 Å². The van der Waals surface area contributed by atoms with Gasteiger partial charge in [0.2, 0.25) is 0 Å². The highest BCUT2D eigenvalue weighted by Crippen LogP contribution is 1.73. The van der Waals surface area contributed by atoms with E-state index in [1.54, 1.807) is 14.2 Å². The van der Waals surface area contributed by atoms with Gasteiger partial charge in [-0.05, 0) is 6.92 Å². The number of rotatable bonds is 3. The summed E-state index contributed by atoms with van der Waals surface area (Å²) in [5, 5.41) is 3.86. The normalized spacial score (nSPS) is 11.6. The Bertz CT molecular complexity index is 80.5. The zero-order valence-corrected chi connectivity index (χ0v) is 5.56. The van der Waals surface area contributed by atoms with Crippen LogP contribution in [0.25, 0.3) is 0 Å². The minimum Gasteiger partial charge on any atom is -0.379 e. The van der Waals surface area contributed by atoms with E-state index in [0.717, 1.165) is 5.71 Å². The molecule has 0 aliphatic rings. The molecule has 3 heteroatoms. The Morgan fingerprint density at radius 1 is 1.75 bits per heavy atom. The van der Waals surface area contributed by atoms with E-state index in [0.29, 0.717) is 6.61 Å². The van der Waals surface area contributed by atoms with Gasteiger partial charge in [0, 0.05) is 14.2 Å². The van der Waals surface area contributed by atoms with Crippen LogP contribution in [0.4, 0.5) is 0 Å². The topological polar surface area (TPSA) is 33.6 Å². The van der Waals surface area contributed by atoms with Crippen LogP contribution in [0.1, 0.15) is 6.92 Å². The highest BCUT2D eigenvalue weighted by atomic mass is 16.5. The lowest BCUT2D eigenvalue weighted by Gasteiger charge is -1.95. The monoisotopic (exact) mass is 116 g/mol. The van der Waals surface area contributed by atoms with Crippen molar-refractivity contribution in [3.63, 3.8) is 0 Å². The summed E-state index contributed by atoms with van der Waals surface area (Å²) in [4.78, 5) is 0. The molecule has 0 spiro atoms. The van der Waals surface area contributed by atoms with Crippen LogP contribution in [0.15, 0.2) is 5.10 Å². The first kappa shape index (κ1) is 7.43. The van der Waals surface area contributed by atoms with Crippen molar-refractivity contribution in [1.82, 2.24) is 5.43 Å². The summed E-state index contributed by atoms with van der Waals surface area (Å²) in [7, 11) is 3.41. The van der Waals surface area contributed by atoms with E-state index >= 15 is 0 Å². The zero-order valence-electron chi connectivity index (χ0n) is 5.56. The van der Waals surface area contributed by atoms with Crippen molar-refractivity contribution in [1.29, 1.82) is 0 Å². The first-order valence-electron chi connectivity index (χ1n) is 2.50. The largest absolute Gasteiger partial charge is 0.379 e. The summed E-state index contributed by atoms with van der Waals surface area (Å²) in [5.74, 6) is 0. The van der Waals surface area contributed by atoms with Gasteiger partial charge >= 0.3 is 0 Å². The third-order valence-corrected chi connectivity index (χ3v) is 0.656. The van der Waals surface area contributed by atoms with E-state index in [1.807, 2.05) is 6.92 Å². The lowest BCUT2D eigenvalue weighted by atomic mass is 10.5. The highest BCUT2D eigenvalue weighted by Gasteiger charge is 1.84. The van der Waals surface area contributed by atoms with Crippen molar-refractivity contribution < 1.29 is 4.74 Å². The van der Waals surface area contributed by atoms with Crippen molar-refractivity contribution in [2.75, 3.05) is 20.8 Å². The number of hydrazone groups is 1. The average molecular weight is 116 g/mol. The number of nitrogens with one attached hydrogen (secondary N) is 1. The second-order valence-electron chi connectivity index (χ2n) is 1.50. The second kappa shape index (κ2) is 4.59. The van der Waals surface area contributed by atoms with E-state index in [9.17, 15) is 0 Å². The SMILES string of the molecule is CN/N=C(\C)COC. The Morgan fingerprint density at radius 3 is 2.75 bits per heavy atom. The van der Waals surface area contributed by atoms with Crippen LogP contribution in [0, 0.1) is 0 Å². The summed E-state index contributed by atoms with van der Waals surface area (Å²) >= 11 is 0. The van der Waals surface area contributed by atoms with E-state index < -0.39 is 0 Å². The quantitative estimate of drug-likeness (QED) is 0.423. The molecule has 0 radical (unpaired) electrons. The van der Waals surface area contributed by atoms with Crippen LogP contribution in [-0.4, -0.2) is 26.5 Å². The van der Waals surface area contributed by atoms with Gasteiger partial charge < -0.3 is 10.2 Å². The summed E-state index contributed by atoms with van der Waals surface area (Å²) in [6.07, 6.45) is 0. The molecule has 1 N–H and O–H groups in total. The smallest absolute Gasteiger partial charge is 0.0859 e. The van der Waals surface area contributed by atoms with Gasteiger partial charge in [-0.15, -0.1) is 0 Å². The fourth-order valence-electron chi connectivity index (χ4n) is 0.432. The van der Waals surface area contributed by atoms with Crippen molar-refractivity contribution in [3.8, 4) is 0 Å². The fraction of sp³-hybridized carbons (Fsp3) is 0.800. The Hall–Kier alpha value is -0.570. The number of nitrogens with zero attached hydrogens (tertiary/aromatic N) is 1. The minimum atomic E-state index is 0.598. The van der Waals surface area contributed by atoms with Gasteiger partial charge in [-0.25, -0.2) is 0 Å². The van der Waals surface area contributed by atoms with Crippen molar-refractivity contribution in [2.24, 2.45) is 5.10 Å². The first-order valence-corrected chi connectivity index (χ1v) is 2.50. The number of hydrogen-bond donors (Lipinski definition) is 1. The second-order valence-corrected chi connectivity index (χ2v) is 1.50. The number of hydrogen-bond acceptors (Lipinski definition) is 3. The van der Waals surface area contributed by atoms with Gasteiger partial charge in [0.05, 0.1) is 12.3 Å². The molecule has 0 saturated heterocycles. The zero-order chi connectivity index (χ0) is 6.41. The molecule has 0 aromatic carbocycles. The third-order valence-electron chi connectivity index (χ3n) is 0.656.